The van der Waals surface area contributed by atoms with Gasteiger partial charge in [0.05, 0.1) is 0 Å². The first kappa shape index (κ1) is 17.3. The lowest BCUT2D eigenvalue weighted by atomic mass is 9.96. The van der Waals surface area contributed by atoms with Crippen LogP contribution in [0.4, 0.5) is 0 Å². The number of hydrogen-bond donors (Lipinski definition) is 0. The Labute approximate surface area is 141 Å². The zero-order valence-corrected chi connectivity index (χ0v) is 14.8. The molecular formula is C23H28. The summed E-state index contributed by atoms with van der Waals surface area (Å²) in [4.78, 5) is 0. The lowest BCUT2D eigenvalue weighted by Crippen LogP contribution is -1.91. The summed E-state index contributed by atoms with van der Waals surface area (Å²) in [5.41, 5.74) is 6.64. The summed E-state index contributed by atoms with van der Waals surface area (Å²) in [6.07, 6.45) is 6.94. The summed E-state index contributed by atoms with van der Waals surface area (Å²) in [7, 11) is 0. The molecule has 0 aliphatic carbocycles. The number of allylic oxidation sites excluding steroid dienone is 4. The van der Waals surface area contributed by atoms with Gasteiger partial charge in [0.1, 0.15) is 0 Å². The Hall–Kier alpha value is -2.08. The molecule has 2 aromatic carbocycles. The van der Waals surface area contributed by atoms with Crippen LogP contribution in [0.5, 0.6) is 0 Å². The van der Waals surface area contributed by atoms with E-state index in [4.69, 9.17) is 0 Å². The summed E-state index contributed by atoms with van der Waals surface area (Å²) in [6.45, 7) is 8.98. The molecule has 0 radical (unpaired) electrons. The Kier molecular flexibility index (Phi) is 6.40. The third kappa shape index (κ3) is 5.25. The number of benzene rings is 2. The van der Waals surface area contributed by atoms with Gasteiger partial charge in [-0.1, -0.05) is 87.0 Å². The van der Waals surface area contributed by atoms with Gasteiger partial charge in [0.15, 0.2) is 0 Å². The highest BCUT2D eigenvalue weighted by molar-refractivity contribution is 5.73. The molecule has 23 heavy (non-hydrogen) atoms. The molecule has 2 aromatic rings. The predicted octanol–water partition coefficient (Wildman–Crippen LogP) is 7.14. The third-order valence-electron chi connectivity index (χ3n) is 3.94. The lowest BCUT2D eigenvalue weighted by molar-refractivity contribution is 0.648. The molecule has 120 valence electrons. The highest BCUT2D eigenvalue weighted by Gasteiger charge is 2.03. The van der Waals surface area contributed by atoms with E-state index in [-0.39, 0.29) is 0 Å². The Bertz CT molecular complexity index is 672. The minimum Gasteiger partial charge on any atom is -0.0816 e. The highest BCUT2D eigenvalue weighted by Crippen LogP contribution is 2.25. The maximum Gasteiger partial charge on any atom is -0.0178 e. The molecule has 0 aliphatic heterocycles. The van der Waals surface area contributed by atoms with Crippen LogP contribution < -0.4 is 0 Å². The largest absolute Gasteiger partial charge is 0.0816 e. The van der Waals surface area contributed by atoms with Crippen LogP contribution in [-0.4, -0.2) is 0 Å². The molecule has 0 heteroatoms. The molecule has 0 N–H and O–H groups in total. The van der Waals surface area contributed by atoms with E-state index in [0.29, 0.717) is 5.92 Å². The summed E-state index contributed by atoms with van der Waals surface area (Å²) in [5.74, 6) is 0.688. The normalized spacial score (nSPS) is 12.7. The Morgan fingerprint density at radius 1 is 0.957 bits per heavy atom. The molecule has 2 rings (SSSR count). The average Bonchev–Trinajstić information content (AvgIpc) is 2.55. The van der Waals surface area contributed by atoms with Gasteiger partial charge in [-0.2, -0.15) is 0 Å². The van der Waals surface area contributed by atoms with Crippen molar-refractivity contribution in [1.29, 1.82) is 0 Å². The Morgan fingerprint density at radius 2 is 1.65 bits per heavy atom. The molecule has 0 bridgehead atoms. The van der Waals surface area contributed by atoms with Gasteiger partial charge in [0.2, 0.25) is 0 Å². The maximum atomic E-state index is 2.35. The SMILES string of the molecule is CC/C=C(\C=C(/C)c1cccc(-c2ccccc2)c1)CC(C)C. The van der Waals surface area contributed by atoms with Crippen molar-refractivity contribution in [2.75, 3.05) is 0 Å². The van der Waals surface area contributed by atoms with E-state index in [1.807, 2.05) is 0 Å². The topological polar surface area (TPSA) is 0 Å². The smallest absolute Gasteiger partial charge is 0.0178 e. The Balaban J connectivity index is 2.30. The van der Waals surface area contributed by atoms with Crippen LogP contribution in [-0.2, 0) is 0 Å². The van der Waals surface area contributed by atoms with E-state index in [1.165, 1.54) is 27.8 Å². The number of hydrogen-bond acceptors (Lipinski definition) is 0. The molecule has 0 atom stereocenters. The maximum absolute atomic E-state index is 2.35. The molecule has 0 aliphatic rings. The molecular weight excluding hydrogens is 276 g/mol. The first-order valence-electron chi connectivity index (χ1n) is 8.63. The average molecular weight is 304 g/mol. The zero-order valence-electron chi connectivity index (χ0n) is 14.8. The molecule has 0 fully saturated rings. The molecule has 0 saturated heterocycles. The van der Waals surface area contributed by atoms with E-state index in [2.05, 4.69) is 94.4 Å². The van der Waals surface area contributed by atoms with Crippen molar-refractivity contribution < 1.29 is 0 Å². The minimum absolute atomic E-state index is 0.688. The second-order valence-electron chi connectivity index (χ2n) is 6.56. The predicted molar refractivity (Wildman–Crippen MR) is 103 cm³/mol. The molecule has 0 heterocycles. The van der Waals surface area contributed by atoms with Crippen molar-refractivity contribution in [3.63, 3.8) is 0 Å². The first-order valence-corrected chi connectivity index (χ1v) is 8.63. The van der Waals surface area contributed by atoms with Crippen molar-refractivity contribution in [2.45, 2.75) is 40.5 Å². The quantitative estimate of drug-likeness (QED) is 0.497. The monoisotopic (exact) mass is 304 g/mol. The fraction of sp³-hybridized carbons (Fsp3) is 0.304. The van der Waals surface area contributed by atoms with Crippen molar-refractivity contribution >= 4 is 5.57 Å². The van der Waals surface area contributed by atoms with Crippen LogP contribution in [0.3, 0.4) is 0 Å². The highest BCUT2D eigenvalue weighted by atomic mass is 14.1. The van der Waals surface area contributed by atoms with Crippen LogP contribution >= 0.6 is 0 Å². The van der Waals surface area contributed by atoms with Gasteiger partial charge in [-0.25, -0.2) is 0 Å². The van der Waals surface area contributed by atoms with Gasteiger partial charge < -0.3 is 0 Å². The van der Waals surface area contributed by atoms with Crippen molar-refractivity contribution in [3.8, 4) is 11.1 Å². The van der Waals surface area contributed by atoms with Gasteiger partial charge in [0.25, 0.3) is 0 Å². The molecule has 0 saturated carbocycles. The second kappa shape index (κ2) is 8.53. The van der Waals surface area contributed by atoms with Gasteiger partial charge in [-0.15, -0.1) is 0 Å². The Morgan fingerprint density at radius 3 is 2.30 bits per heavy atom. The fourth-order valence-electron chi connectivity index (χ4n) is 2.87. The molecule has 0 nitrogen and oxygen atoms in total. The van der Waals surface area contributed by atoms with Crippen molar-refractivity contribution in [3.05, 3.63) is 77.9 Å². The minimum atomic E-state index is 0.688. The van der Waals surface area contributed by atoms with Gasteiger partial charge in [-0.3, -0.25) is 0 Å². The number of rotatable bonds is 6. The van der Waals surface area contributed by atoms with Crippen LogP contribution in [0.25, 0.3) is 16.7 Å². The fourth-order valence-corrected chi connectivity index (χ4v) is 2.87. The first-order chi connectivity index (χ1) is 11.1. The van der Waals surface area contributed by atoms with Crippen molar-refractivity contribution in [2.24, 2.45) is 5.92 Å². The zero-order chi connectivity index (χ0) is 16.7. The summed E-state index contributed by atoms with van der Waals surface area (Å²) in [5, 5.41) is 0. The molecule has 0 amide bonds. The molecule has 0 unspecified atom stereocenters. The van der Waals surface area contributed by atoms with Crippen LogP contribution in [0, 0.1) is 5.92 Å². The van der Waals surface area contributed by atoms with E-state index in [1.54, 1.807) is 0 Å². The van der Waals surface area contributed by atoms with Crippen LogP contribution in [0.2, 0.25) is 0 Å². The van der Waals surface area contributed by atoms with E-state index < -0.39 is 0 Å². The van der Waals surface area contributed by atoms with E-state index >= 15 is 0 Å². The summed E-state index contributed by atoms with van der Waals surface area (Å²) < 4.78 is 0. The summed E-state index contributed by atoms with van der Waals surface area (Å²) in [6, 6.07) is 19.4. The van der Waals surface area contributed by atoms with Gasteiger partial charge in [0, 0.05) is 0 Å². The molecule has 0 spiro atoms. The van der Waals surface area contributed by atoms with Crippen LogP contribution in [0.15, 0.2) is 72.3 Å². The lowest BCUT2D eigenvalue weighted by Gasteiger charge is -2.10. The van der Waals surface area contributed by atoms with Gasteiger partial charge in [-0.05, 0) is 54.0 Å². The van der Waals surface area contributed by atoms with Gasteiger partial charge >= 0.3 is 0 Å². The summed E-state index contributed by atoms with van der Waals surface area (Å²) >= 11 is 0. The van der Waals surface area contributed by atoms with E-state index in [0.717, 1.165) is 12.8 Å². The van der Waals surface area contributed by atoms with Crippen LogP contribution in [0.1, 0.15) is 46.1 Å². The third-order valence-corrected chi connectivity index (χ3v) is 3.94. The standard InChI is InChI=1S/C23H28/c1-5-10-20(15-18(2)3)16-19(4)22-13-9-14-23(17-22)21-11-7-6-8-12-21/h6-14,16-18H,5,15H2,1-4H3/b19-16+,20-10-. The second-order valence-corrected chi connectivity index (χ2v) is 6.56. The van der Waals surface area contributed by atoms with E-state index in [9.17, 15) is 0 Å². The molecule has 0 aromatic heterocycles. The van der Waals surface area contributed by atoms with Crippen molar-refractivity contribution in [1.82, 2.24) is 0 Å².